The highest BCUT2D eigenvalue weighted by Gasteiger charge is 2.22. The van der Waals surface area contributed by atoms with Crippen LogP contribution in [0.25, 0.3) is 5.69 Å². The van der Waals surface area contributed by atoms with Gasteiger partial charge >= 0.3 is 5.97 Å². The van der Waals surface area contributed by atoms with Crippen LogP contribution in [0.15, 0.2) is 48.5 Å². The summed E-state index contributed by atoms with van der Waals surface area (Å²) in [6.45, 7) is 5.74. The molecular weight excluding hydrogens is 462 g/mol. The van der Waals surface area contributed by atoms with Gasteiger partial charge in [-0.1, -0.05) is 39.0 Å². The van der Waals surface area contributed by atoms with Gasteiger partial charge in [-0.25, -0.2) is 4.68 Å². The van der Waals surface area contributed by atoms with Gasteiger partial charge in [-0.3, -0.25) is 9.59 Å². The number of hydrogen-bond donors (Lipinski definition) is 1. The number of carbonyl (C=O) groups is 2. The molecule has 1 heterocycles. The van der Waals surface area contributed by atoms with Crippen molar-refractivity contribution < 1.29 is 28.5 Å². The molecular formula is C27H33N3O6. The number of rotatable bonds is 10. The Labute approximate surface area is 211 Å². The number of nitrogens with one attached hydrogen (secondary N) is 1. The summed E-state index contributed by atoms with van der Waals surface area (Å²) in [4.78, 5) is 24.9. The van der Waals surface area contributed by atoms with E-state index in [0.29, 0.717) is 29.5 Å². The molecule has 0 radical (unpaired) electrons. The monoisotopic (exact) mass is 495 g/mol. The van der Waals surface area contributed by atoms with Crippen LogP contribution in [-0.2, 0) is 26.2 Å². The minimum absolute atomic E-state index is 0.0854. The summed E-state index contributed by atoms with van der Waals surface area (Å²) in [6.07, 6.45) is 0.467. The van der Waals surface area contributed by atoms with Crippen LogP contribution >= 0.6 is 0 Å². The Morgan fingerprint density at radius 3 is 2.14 bits per heavy atom. The van der Waals surface area contributed by atoms with Gasteiger partial charge in [-0.2, -0.15) is 5.10 Å². The van der Waals surface area contributed by atoms with E-state index in [0.717, 1.165) is 16.9 Å². The van der Waals surface area contributed by atoms with Crippen LogP contribution in [0.5, 0.6) is 17.2 Å². The van der Waals surface area contributed by atoms with Crippen molar-refractivity contribution >= 4 is 17.7 Å². The molecule has 0 fully saturated rings. The van der Waals surface area contributed by atoms with E-state index in [1.165, 1.54) is 21.3 Å². The molecule has 192 valence electrons. The minimum Gasteiger partial charge on any atom is -0.493 e. The molecule has 0 atom stereocenters. The minimum atomic E-state index is -0.495. The number of methoxy groups -OCH3 is 3. The highest BCUT2D eigenvalue weighted by Crippen LogP contribution is 2.38. The van der Waals surface area contributed by atoms with E-state index in [9.17, 15) is 9.59 Å². The average Bonchev–Trinajstić information content (AvgIpc) is 3.30. The first-order valence-corrected chi connectivity index (χ1v) is 11.6. The number of benzene rings is 2. The van der Waals surface area contributed by atoms with Crippen LogP contribution in [0.1, 0.15) is 38.4 Å². The Morgan fingerprint density at radius 2 is 1.58 bits per heavy atom. The summed E-state index contributed by atoms with van der Waals surface area (Å²) in [5.41, 5.74) is 2.24. The Balaban J connectivity index is 1.61. The van der Waals surface area contributed by atoms with Gasteiger partial charge in [0.05, 0.1) is 32.7 Å². The Bertz CT molecular complexity index is 1170. The number of amides is 1. The first-order chi connectivity index (χ1) is 17.2. The van der Waals surface area contributed by atoms with Crippen molar-refractivity contribution in [2.24, 2.45) is 0 Å². The van der Waals surface area contributed by atoms with Gasteiger partial charge in [0.1, 0.15) is 5.82 Å². The summed E-state index contributed by atoms with van der Waals surface area (Å²) in [7, 11) is 4.59. The molecule has 9 nitrogen and oxygen atoms in total. The molecule has 3 aromatic rings. The zero-order chi connectivity index (χ0) is 26.3. The molecule has 0 bridgehead atoms. The standard InChI is InChI=1S/C27H33N3O6/c1-27(2,3)22-16-23(30(29-22)19-10-8-7-9-11-19)28-24(31)17-36-25(32)13-12-18-14-20(33-4)26(35-6)21(15-18)34-5/h7-11,14-16H,12-13,17H2,1-6H3,(H,28,31). The molecule has 36 heavy (non-hydrogen) atoms. The van der Waals surface area contributed by atoms with E-state index in [4.69, 9.17) is 18.9 Å². The smallest absolute Gasteiger partial charge is 0.306 e. The molecule has 0 saturated carbocycles. The molecule has 0 aliphatic carbocycles. The fourth-order valence-electron chi connectivity index (χ4n) is 3.53. The van der Waals surface area contributed by atoms with E-state index < -0.39 is 18.5 Å². The van der Waals surface area contributed by atoms with Gasteiger partial charge in [0.15, 0.2) is 18.1 Å². The molecule has 1 N–H and O–H groups in total. The van der Waals surface area contributed by atoms with E-state index in [1.54, 1.807) is 16.8 Å². The van der Waals surface area contributed by atoms with E-state index >= 15 is 0 Å². The Morgan fingerprint density at radius 1 is 0.944 bits per heavy atom. The van der Waals surface area contributed by atoms with Crippen molar-refractivity contribution in [3.8, 4) is 22.9 Å². The number of anilines is 1. The van der Waals surface area contributed by atoms with Crippen LogP contribution in [0.3, 0.4) is 0 Å². The number of esters is 1. The van der Waals surface area contributed by atoms with E-state index in [-0.39, 0.29) is 11.8 Å². The topological polar surface area (TPSA) is 101 Å². The number of ether oxygens (including phenoxy) is 4. The van der Waals surface area contributed by atoms with Crippen LogP contribution in [0.4, 0.5) is 5.82 Å². The molecule has 0 spiro atoms. The summed E-state index contributed by atoms with van der Waals surface area (Å²) >= 11 is 0. The molecule has 2 aromatic carbocycles. The first kappa shape index (κ1) is 26.6. The van der Waals surface area contributed by atoms with E-state index in [2.05, 4.69) is 10.4 Å². The van der Waals surface area contributed by atoms with Crippen molar-refractivity contribution in [1.82, 2.24) is 9.78 Å². The highest BCUT2D eigenvalue weighted by atomic mass is 16.5. The number of aryl methyl sites for hydroxylation is 1. The molecule has 0 saturated heterocycles. The second kappa shape index (κ2) is 11.6. The molecule has 1 aromatic heterocycles. The van der Waals surface area contributed by atoms with Crippen LogP contribution in [0.2, 0.25) is 0 Å². The van der Waals surface area contributed by atoms with Gasteiger partial charge < -0.3 is 24.3 Å². The van der Waals surface area contributed by atoms with Gasteiger partial charge in [0, 0.05) is 17.9 Å². The fraction of sp³-hybridized carbons (Fsp3) is 0.370. The van der Waals surface area contributed by atoms with Crippen LogP contribution in [0, 0.1) is 0 Å². The predicted octanol–water partition coefficient (Wildman–Crippen LogP) is 4.31. The van der Waals surface area contributed by atoms with Crippen molar-refractivity contribution in [2.75, 3.05) is 33.3 Å². The third kappa shape index (κ3) is 6.56. The van der Waals surface area contributed by atoms with E-state index in [1.807, 2.05) is 57.2 Å². The summed E-state index contributed by atoms with van der Waals surface area (Å²) in [5, 5.41) is 7.48. The maximum atomic E-state index is 12.6. The third-order valence-corrected chi connectivity index (χ3v) is 5.45. The molecule has 9 heteroatoms. The zero-order valence-corrected chi connectivity index (χ0v) is 21.6. The second-order valence-electron chi connectivity index (χ2n) is 9.15. The number of aromatic nitrogens is 2. The molecule has 0 aliphatic heterocycles. The largest absolute Gasteiger partial charge is 0.493 e. The van der Waals surface area contributed by atoms with Gasteiger partial charge in [0.25, 0.3) is 5.91 Å². The Hall–Kier alpha value is -4.01. The molecule has 1 amide bonds. The second-order valence-corrected chi connectivity index (χ2v) is 9.15. The third-order valence-electron chi connectivity index (χ3n) is 5.45. The number of hydrogen-bond acceptors (Lipinski definition) is 7. The van der Waals surface area contributed by atoms with Gasteiger partial charge in [0.2, 0.25) is 5.75 Å². The lowest BCUT2D eigenvalue weighted by Gasteiger charge is -2.14. The highest BCUT2D eigenvalue weighted by molar-refractivity contribution is 5.92. The number of nitrogens with zero attached hydrogens (tertiary/aromatic N) is 2. The summed E-state index contributed by atoms with van der Waals surface area (Å²) in [6, 6.07) is 14.9. The number of carbonyl (C=O) groups excluding carboxylic acids is 2. The first-order valence-electron chi connectivity index (χ1n) is 11.6. The quantitative estimate of drug-likeness (QED) is 0.418. The van der Waals surface area contributed by atoms with Crippen LogP contribution in [-0.4, -0.2) is 49.6 Å². The average molecular weight is 496 g/mol. The lowest BCUT2D eigenvalue weighted by Crippen LogP contribution is -2.22. The molecule has 0 aliphatic rings. The SMILES string of the molecule is COc1cc(CCC(=O)OCC(=O)Nc2cc(C(C)(C)C)nn2-c2ccccc2)cc(OC)c1OC. The lowest BCUT2D eigenvalue weighted by atomic mass is 9.92. The van der Waals surface area contributed by atoms with Crippen molar-refractivity contribution in [3.63, 3.8) is 0 Å². The van der Waals surface area contributed by atoms with Crippen molar-refractivity contribution in [2.45, 2.75) is 39.0 Å². The van der Waals surface area contributed by atoms with Crippen LogP contribution < -0.4 is 19.5 Å². The maximum Gasteiger partial charge on any atom is 0.306 e. The maximum absolute atomic E-state index is 12.6. The lowest BCUT2D eigenvalue weighted by molar-refractivity contribution is -0.147. The van der Waals surface area contributed by atoms with Gasteiger partial charge in [-0.15, -0.1) is 0 Å². The normalized spacial score (nSPS) is 11.1. The zero-order valence-electron chi connectivity index (χ0n) is 21.6. The molecule has 0 unspecified atom stereocenters. The summed E-state index contributed by atoms with van der Waals surface area (Å²) < 4.78 is 22.9. The fourth-order valence-corrected chi connectivity index (χ4v) is 3.53. The van der Waals surface area contributed by atoms with Gasteiger partial charge in [-0.05, 0) is 36.2 Å². The number of para-hydroxylation sites is 1. The van der Waals surface area contributed by atoms with Crippen molar-refractivity contribution in [1.29, 1.82) is 0 Å². The summed E-state index contributed by atoms with van der Waals surface area (Å²) in [5.74, 6) is 1.05. The Kier molecular flexibility index (Phi) is 8.58. The molecule has 3 rings (SSSR count). The predicted molar refractivity (Wildman–Crippen MR) is 136 cm³/mol. The van der Waals surface area contributed by atoms with Crippen molar-refractivity contribution in [3.05, 3.63) is 59.8 Å².